The Hall–Kier alpha value is -3.41. The molecule has 0 aliphatic heterocycles. The number of esters is 1. The molecule has 0 radical (unpaired) electrons. The number of carbonyl (C=O) groups is 1. The van der Waals surface area contributed by atoms with Gasteiger partial charge in [-0.2, -0.15) is 0 Å². The maximum absolute atomic E-state index is 11.6. The number of hydrogen-bond acceptors (Lipinski definition) is 5. The van der Waals surface area contributed by atoms with Crippen LogP contribution in [0.2, 0.25) is 0 Å². The fraction of sp³-hybridized carbons (Fsp3) is 0.150. The summed E-state index contributed by atoms with van der Waals surface area (Å²) in [6.07, 6.45) is 3.75. The van der Waals surface area contributed by atoms with Gasteiger partial charge >= 0.3 is 5.97 Å². The molecule has 0 atom stereocenters. The Bertz CT molecular complexity index is 1090. The van der Waals surface area contributed by atoms with Gasteiger partial charge in [-0.1, -0.05) is 17.3 Å². The minimum atomic E-state index is -0.349. The van der Waals surface area contributed by atoms with Crippen molar-refractivity contribution in [3.05, 3.63) is 59.7 Å². The molecule has 0 spiro atoms. The topological polar surface area (TPSA) is 81.0 Å². The summed E-state index contributed by atoms with van der Waals surface area (Å²) in [5.41, 5.74) is 7.03. The zero-order valence-corrected chi connectivity index (χ0v) is 14.7. The van der Waals surface area contributed by atoms with Crippen molar-refractivity contribution >= 4 is 17.0 Å². The monoisotopic (exact) mass is 347 g/mol. The van der Waals surface area contributed by atoms with Gasteiger partial charge in [0, 0.05) is 29.1 Å². The van der Waals surface area contributed by atoms with E-state index in [-0.39, 0.29) is 5.97 Å². The van der Waals surface area contributed by atoms with Crippen LogP contribution in [0, 0.1) is 13.8 Å². The first-order valence-electron chi connectivity index (χ1n) is 8.17. The Morgan fingerprint density at radius 3 is 2.58 bits per heavy atom. The van der Waals surface area contributed by atoms with Crippen LogP contribution in [0.25, 0.3) is 33.3 Å². The first-order chi connectivity index (χ1) is 12.6. The summed E-state index contributed by atoms with van der Waals surface area (Å²) in [5.74, 6) is 0.423. The van der Waals surface area contributed by atoms with E-state index in [1.54, 1.807) is 12.1 Å². The number of nitrogens with zero attached hydrogens (tertiary/aromatic N) is 2. The maximum atomic E-state index is 11.6. The maximum Gasteiger partial charge on any atom is 0.337 e. The summed E-state index contributed by atoms with van der Waals surface area (Å²) in [6, 6.07) is 9.31. The lowest BCUT2D eigenvalue weighted by molar-refractivity contribution is 0.0601. The van der Waals surface area contributed by atoms with Crippen molar-refractivity contribution in [2.75, 3.05) is 7.11 Å². The van der Waals surface area contributed by atoms with Crippen molar-refractivity contribution in [1.82, 2.24) is 15.1 Å². The van der Waals surface area contributed by atoms with Crippen LogP contribution < -0.4 is 0 Å². The SMILES string of the molecule is COC(=O)c1ccc(-c2c[nH]c3cc(-c4c(C)noc4C)cnc23)cc1. The number of rotatable bonds is 3. The van der Waals surface area contributed by atoms with Gasteiger partial charge in [-0.25, -0.2) is 4.79 Å². The molecular weight excluding hydrogens is 330 g/mol. The van der Waals surface area contributed by atoms with Crippen LogP contribution >= 0.6 is 0 Å². The molecule has 0 bridgehead atoms. The highest BCUT2D eigenvalue weighted by Gasteiger charge is 2.15. The lowest BCUT2D eigenvalue weighted by Gasteiger charge is -2.03. The Balaban J connectivity index is 1.75. The van der Waals surface area contributed by atoms with E-state index in [0.717, 1.165) is 44.7 Å². The quantitative estimate of drug-likeness (QED) is 0.559. The summed E-state index contributed by atoms with van der Waals surface area (Å²) in [4.78, 5) is 19.5. The van der Waals surface area contributed by atoms with Crippen LogP contribution in [0.3, 0.4) is 0 Å². The first kappa shape index (κ1) is 16.1. The number of methoxy groups -OCH3 is 1. The standard InChI is InChI=1S/C20H17N3O3/c1-11-18(12(2)26-23-11)15-8-17-19(22-9-15)16(10-21-17)13-4-6-14(7-5-13)20(24)25-3/h4-10,21H,1-3H3. The lowest BCUT2D eigenvalue weighted by atomic mass is 10.0. The van der Waals surface area contributed by atoms with Gasteiger partial charge in [0.2, 0.25) is 0 Å². The smallest absolute Gasteiger partial charge is 0.337 e. The van der Waals surface area contributed by atoms with Crippen LogP contribution in [0.15, 0.2) is 47.2 Å². The first-order valence-corrected chi connectivity index (χ1v) is 8.17. The van der Waals surface area contributed by atoms with Crippen LogP contribution in [-0.2, 0) is 4.74 Å². The number of carbonyl (C=O) groups excluding carboxylic acids is 1. The molecule has 1 N–H and O–H groups in total. The molecule has 0 aliphatic rings. The second kappa shape index (κ2) is 6.15. The van der Waals surface area contributed by atoms with E-state index in [4.69, 9.17) is 9.26 Å². The Labute approximate surface area is 149 Å². The molecule has 0 fully saturated rings. The van der Waals surface area contributed by atoms with Gasteiger partial charge in [-0.3, -0.25) is 4.98 Å². The third kappa shape index (κ3) is 2.56. The van der Waals surface area contributed by atoms with Gasteiger partial charge in [-0.05, 0) is 37.6 Å². The molecule has 6 heteroatoms. The molecule has 3 heterocycles. The van der Waals surface area contributed by atoms with Crippen molar-refractivity contribution in [2.45, 2.75) is 13.8 Å². The fourth-order valence-electron chi connectivity index (χ4n) is 3.16. The van der Waals surface area contributed by atoms with E-state index < -0.39 is 0 Å². The summed E-state index contributed by atoms with van der Waals surface area (Å²) >= 11 is 0. The van der Waals surface area contributed by atoms with Gasteiger partial charge in [0.1, 0.15) is 5.76 Å². The molecule has 0 aliphatic carbocycles. The summed E-state index contributed by atoms with van der Waals surface area (Å²) in [6.45, 7) is 3.81. The normalized spacial score (nSPS) is 11.0. The largest absolute Gasteiger partial charge is 0.465 e. The molecular formula is C20H17N3O3. The molecule has 4 rings (SSSR count). The van der Waals surface area contributed by atoms with Crippen LogP contribution in [0.4, 0.5) is 0 Å². The molecule has 6 nitrogen and oxygen atoms in total. The number of pyridine rings is 1. The zero-order valence-electron chi connectivity index (χ0n) is 14.7. The molecule has 0 saturated carbocycles. The minimum absolute atomic E-state index is 0.349. The number of aryl methyl sites for hydroxylation is 2. The number of aromatic nitrogens is 3. The summed E-state index contributed by atoms with van der Waals surface area (Å²) in [5, 5.41) is 4.00. The molecule has 26 heavy (non-hydrogen) atoms. The average molecular weight is 347 g/mol. The fourth-order valence-corrected chi connectivity index (χ4v) is 3.16. The predicted octanol–water partition coefficient (Wildman–Crippen LogP) is 4.29. The van der Waals surface area contributed by atoms with E-state index >= 15 is 0 Å². The minimum Gasteiger partial charge on any atom is -0.465 e. The molecule has 4 aromatic rings. The third-order valence-corrected chi connectivity index (χ3v) is 4.45. The Kier molecular flexibility index (Phi) is 3.80. The molecule has 0 amide bonds. The highest BCUT2D eigenvalue weighted by molar-refractivity contribution is 5.95. The third-order valence-electron chi connectivity index (χ3n) is 4.45. The Morgan fingerprint density at radius 1 is 1.15 bits per heavy atom. The predicted molar refractivity (Wildman–Crippen MR) is 97.8 cm³/mol. The second-order valence-electron chi connectivity index (χ2n) is 6.09. The molecule has 130 valence electrons. The van der Waals surface area contributed by atoms with Gasteiger partial charge < -0.3 is 14.2 Å². The van der Waals surface area contributed by atoms with Crippen molar-refractivity contribution in [3.63, 3.8) is 0 Å². The van der Waals surface area contributed by atoms with E-state index in [9.17, 15) is 4.79 Å². The van der Waals surface area contributed by atoms with Crippen molar-refractivity contribution in [2.24, 2.45) is 0 Å². The Morgan fingerprint density at radius 2 is 1.92 bits per heavy atom. The van der Waals surface area contributed by atoms with Gasteiger partial charge in [0.15, 0.2) is 0 Å². The van der Waals surface area contributed by atoms with Gasteiger partial charge in [0.05, 0.1) is 29.4 Å². The number of benzene rings is 1. The number of H-pyrrole nitrogens is 1. The van der Waals surface area contributed by atoms with Gasteiger partial charge in [0.25, 0.3) is 0 Å². The average Bonchev–Trinajstić information content (AvgIpc) is 3.23. The summed E-state index contributed by atoms with van der Waals surface area (Å²) < 4.78 is 9.98. The molecule has 0 saturated heterocycles. The van der Waals surface area contributed by atoms with Crippen LogP contribution in [0.1, 0.15) is 21.8 Å². The van der Waals surface area contributed by atoms with Gasteiger partial charge in [-0.15, -0.1) is 0 Å². The molecule has 0 unspecified atom stereocenters. The van der Waals surface area contributed by atoms with E-state index in [2.05, 4.69) is 15.1 Å². The summed E-state index contributed by atoms with van der Waals surface area (Å²) in [7, 11) is 1.37. The van der Waals surface area contributed by atoms with E-state index in [1.807, 2.05) is 44.4 Å². The highest BCUT2D eigenvalue weighted by atomic mass is 16.5. The second-order valence-corrected chi connectivity index (χ2v) is 6.09. The van der Waals surface area contributed by atoms with Crippen LogP contribution in [0.5, 0.6) is 0 Å². The zero-order chi connectivity index (χ0) is 18.3. The van der Waals surface area contributed by atoms with E-state index in [0.29, 0.717) is 5.56 Å². The van der Waals surface area contributed by atoms with Crippen LogP contribution in [-0.4, -0.2) is 28.2 Å². The number of nitrogens with one attached hydrogen (secondary N) is 1. The lowest BCUT2D eigenvalue weighted by Crippen LogP contribution is -2.00. The number of ether oxygens (including phenoxy) is 1. The van der Waals surface area contributed by atoms with Crippen molar-refractivity contribution < 1.29 is 14.1 Å². The number of hydrogen-bond donors (Lipinski definition) is 1. The molecule has 3 aromatic heterocycles. The van der Waals surface area contributed by atoms with Crippen molar-refractivity contribution in [3.8, 4) is 22.3 Å². The van der Waals surface area contributed by atoms with E-state index in [1.165, 1.54) is 7.11 Å². The molecule has 1 aromatic carbocycles. The number of aromatic amines is 1. The highest BCUT2D eigenvalue weighted by Crippen LogP contribution is 2.32. The van der Waals surface area contributed by atoms with Crippen molar-refractivity contribution in [1.29, 1.82) is 0 Å². The number of fused-ring (bicyclic) bond motifs is 1.